The fourth-order valence-electron chi connectivity index (χ4n) is 3.86. The Morgan fingerprint density at radius 3 is 2.47 bits per heavy atom. The predicted octanol–water partition coefficient (Wildman–Crippen LogP) is 4.30. The van der Waals surface area contributed by atoms with Crippen molar-refractivity contribution in [3.8, 4) is 11.3 Å². The standard InChI is InChI=1S/C27H26N4O3/c1-3-20(15-18-9-5-4-6-10-18)29-26(33)19-13-14-23-24(16-19)31-27(34)25(30-23)21-11-7-8-12-22(21)28-17(2)32/h4-14,16,20H,3,15H2,1-2H3,(H,28,32)(H,29,33)(H,31,34). The molecule has 1 aromatic heterocycles. The molecule has 0 saturated heterocycles. The van der Waals surface area contributed by atoms with E-state index in [4.69, 9.17) is 0 Å². The van der Waals surface area contributed by atoms with Crippen LogP contribution in [0.15, 0.2) is 77.6 Å². The number of hydrogen-bond acceptors (Lipinski definition) is 4. The van der Waals surface area contributed by atoms with Gasteiger partial charge in [0.05, 0.1) is 16.7 Å². The Kier molecular flexibility index (Phi) is 6.82. The lowest BCUT2D eigenvalue weighted by atomic mass is 10.0. The number of fused-ring (bicyclic) bond motifs is 1. The lowest BCUT2D eigenvalue weighted by Gasteiger charge is -2.17. The van der Waals surface area contributed by atoms with Gasteiger partial charge in [-0.05, 0) is 42.7 Å². The van der Waals surface area contributed by atoms with E-state index in [1.807, 2.05) is 37.3 Å². The molecule has 0 bridgehead atoms. The average Bonchev–Trinajstić information content (AvgIpc) is 2.83. The maximum absolute atomic E-state index is 12.9. The van der Waals surface area contributed by atoms with Crippen LogP contribution in [-0.4, -0.2) is 27.8 Å². The molecule has 7 nitrogen and oxygen atoms in total. The highest BCUT2D eigenvalue weighted by molar-refractivity contribution is 5.98. The highest BCUT2D eigenvalue weighted by Crippen LogP contribution is 2.25. The molecule has 0 fully saturated rings. The topological polar surface area (TPSA) is 104 Å². The molecule has 0 aliphatic rings. The first-order chi connectivity index (χ1) is 16.4. The molecule has 4 rings (SSSR count). The van der Waals surface area contributed by atoms with Crippen LogP contribution in [0.5, 0.6) is 0 Å². The number of nitrogens with one attached hydrogen (secondary N) is 3. The zero-order chi connectivity index (χ0) is 24.1. The van der Waals surface area contributed by atoms with Gasteiger partial charge in [0, 0.05) is 24.1 Å². The molecular weight excluding hydrogens is 428 g/mol. The summed E-state index contributed by atoms with van der Waals surface area (Å²) in [5, 5.41) is 5.81. The summed E-state index contributed by atoms with van der Waals surface area (Å²) in [5.74, 6) is -0.441. The maximum atomic E-state index is 12.9. The molecule has 3 N–H and O–H groups in total. The van der Waals surface area contributed by atoms with Crippen molar-refractivity contribution in [1.82, 2.24) is 15.3 Å². The van der Waals surface area contributed by atoms with E-state index in [1.165, 1.54) is 6.92 Å². The summed E-state index contributed by atoms with van der Waals surface area (Å²) in [7, 11) is 0. The number of rotatable bonds is 7. The van der Waals surface area contributed by atoms with Crippen LogP contribution in [0.25, 0.3) is 22.3 Å². The molecule has 0 spiro atoms. The van der Waals surface area contributed by atoms with Gasteiger partial charge in [-0.3, -0.25) is 14.4 Å². The van der Waals surface area contributed by atoms with Gasteiger partial charge in [-0.25, -0.2) is 4.98 Å². The number of carbonyl (C=O) groups is 2. The number of H-pyrrole nitrogens is 1. The van der Waals surface area contributed by atoms with Crippen molar-refractivity contribution in [3.63, 3.8) is 0 Å². The van der Waals surface area contributed by atoms with E-state index in [0.29, 0.717) is 27.8 Å². The molecule has 0 radical (unpaired) electrons. The van der Waals surface area contributed by atoms with Crippen LogP contribution in [0.1, 0.15) is 36.2 Å². The molecule has 0 saturated carbocycles. The van der Waals surface area contributed by atoms with Gasteiger partial charge in [-0.2, -0.15) is 0 Å². The molecule has 172 valence electrons. The second-order valence-electron chi connectivity index (χ2n) is 8.14. The van der Waals surface area contributed by atoms with Gasteiger partial charge in [0.2, 0.25) is 5.91 Å². The van der Waals surface area contributed by atoms with E-state index in [-0.39, 0.29) is 23.6 Å². The largest absolute Gasteiger partial charge is 0.349 e. The molecule has 7 heteroatoms. The summed E-state index contributed by atoms with van der Waals surface area (Å²) in [6, 6.07) is 22.1. The molecule has 0 aliphatic heterocycles. The second kappa shape index (κ2) is 10.1. The fraction of sp³-hybridized carbons (Fsp3) is 0.185. The summed E-state index contributed by atoms with van der Waals surface area (Å²) >= 11 is 0. The summed E-state index contributed by atoms with van der Waals surface area (Å²) < 4.78 is 0. The summed E-state index contributed by atoms with van der Waals surface area (Å²) in [6.07, 6.45) is 1.54. The van der Waals surface area contributed by atoms with Crippen molar-refractivity contribution < 1.29 is 9.59 Å². The first-order valence-corrected chi connectivity index (χ1v) is 11.2. The highest BCUT2D eigenvalue weighted by Gasteiger charge is 2.16. The number of aromatic amines is 1. The van der Waals surface area contributed by atoms with Crippen LogP contribution in [0.2, 0.25) is 0 Å². The summed E-state index contributed by atoms with van der Waals surface area (Å²) in [4.78, 5) is 44.6. The van der Waals surface area contributed by atoms with E-state index < -0.39 is 5.56 Å². The minimum atomic E-state index is -0.404. The number of carbonyl (C=O) groups excluding carboxylic acids is 2. The van der Waals surface area contributed by atoms with E-state index in [9.17, 15) is 14.4 Å². The zero-order valence-electron chi connectivity index (χ0n) is 19.1. The smallest absolute Gasteiger partial charge is 0.275 e. The minimum Gasteiger partial charge on any atom is -0.349 e. The molecule has 1 atom stereocenters. The van der Waals surface area contributed by atoms with Gasteiger partial charge < -0.3 is 15.6 Å². The highest BCUT2D eigenvalue weighted by atomic mass is 16.2. The Hall–Kier alpha value is -4.26. The monoisotopic (exact) mass is 454 g/mol. The van der Waals surface area contributed by atoms with Gasteiger partial charge in [-0.1, -0.05) is 55.5 Å². The lowest BCUT2D eigenvalue weighted by molar-refractivity contribution is -0.114. The number of nitrogens with zero attached hydrogens (tertiary/aromatic N) is 1. The summed E-state index contributed by atoms with van der Waals surface area (Å²) in [6.45, 7) is 3.44. The third-order valence-electron chi connectivity index (χ3n) is 5.60. The van der Waals surface area contributed by atoms with Crippen LogP contribution in [0.4, 0.5) is 5.69 Å². The molecule has 4 aromatic rings. The quantitative estimate of drug-likeness (QED) is 0.387. The average molecular weight is 455 g/mol. The number of anilines is 1. The van der Waals surface area contributed by atoms with Crippen LogP contribution in [0, 0.1) is 0 Å². The zero-order valence-corrected chi connectivity index (χ0v) is 19.1. The molecule has 1 heterocycles. The predicted molar refractivity (Wildman–Crippen MR) is 134 cm³/mol. The lowest BCUT2D eigenvalue weighted by Crippen LogP contribution is -2.36. The van der Waals surface area contributed by atoms with Crippen molar-refractivity contribution in [2.75, 3.05) is 5.32 Å². The Morgan fingerprint density at radius 1 is 1.00 bits per heavy atom. The Balaban J connectivity index is 1.60. The van der Waals surface area contributed by atoms with E-state index in [2.05, 4.69) is 20.6 Å². The number of para-hydroxylation sites is 1. The van der Waals surface area contributed by atoms with Crippen LogP contribution in [0.3, 0.4) is 0 Å². The number of amides is 2. The molecule has 1 unspecified atom stereocenters. The van der Waals surface area contributed by atoms with Crippen molar-refractivity contribution >= 4 is 28.5 Å². The van der Waals surface area contributed by atoms with Crippen molar-refractivity contribution in [2.45, 2.75) is 32.7 Å². The van der Waals surface area contributed by atoms with E-state index in [0.717, 1.165) is 18.4 Å². The Morgan fingerprint density at radius 2 is 1.74 bits per heavy atom. The third kappa shape index (κ3) is 5.20. The second-order valence-corrected chi connectivity index (χ2v) is 8.14. The van der Waals surface area contributed by atoms with Gasteiger partial charge >= 0.3 is 0 Å². The number of hydrogen-bond donors (Lipinski definition) is 3. The van der Waals surface area contributed by atoms with E-state index in [1.54, 1.807) is 42.5 Å². The number of benzene rings is 3. The molecule has 0 aliphatic carbocycles. The Labute approximate surface area is 197 Å². The Bertz CT molecular complexity index is 1400. The third-order valence-corrected chi connectivity index (χ3v) is 5.60. The molecular formula is C27H26N4O3. The first-order valence-electron chi connectivity index (χ1n) is 11.2. The van der Waals surface area contributed by atoms with Crippen molar-refractivity contribution in [3.05, 3.63) is 94.3 Å². The van der Waals surface area contributed by atoms with Gasteiger partial charge in [0.1, 0.15) is 5.69 Å². The number of aromatic nitrogens is 2. The first kappa shape index (κ1) is 22.9. The summed E-state index contributed by atoms with van der Waals surface area (Å²) in [5.41, 5.74) is 3.44. The molecule has 34 heavy (non-hydrogen) atoms. The molecule has 3 aromatic carbocycles. The van der Waals surface area contributed by atoms with Crippen molar-refractivity contribution in [2.24, 2.45) is 0 Å². The molecule has 2 amide bonds. The minimum absolute atomic E-state index is 0.00424. The van der Waals surface area contributed by atoms with Gasteiger partial charge in [-0.15, -0.1) is 0 Å². The van der Waals surface area contributed by atoms with Gasteiger partial charge in [0.25, 0.3) is 11.5 Å². The van der Waals surface area contributed by atoms with Crippen LogP contribution >= 0.6 is 0 Å². The SMILES string of the molecule is CCC(Cc1ccccc1)NC(=O)c1ccc2nc(-c3ccccc3NC(C)=O)c(=O)[nH]c2c1. The van der Waals surface area contributed by atoms with Gasteiger partial charge in [0.15, 0.2) is 0 Å². The maximum Gasteiger partial charge on any atom is 0.275 e. The van der Waals surface area contributed by atoms with Crippen LogP contribution < -0.4 is 16.2 Å². The fourth-order valence-corrected chi connectivity index (χ4v) is 3.86. The van der Waals surface area contributed by atoms with Crippen LogP contribution in [-0.2, 0) is 11.2 Å². The van der Waals surface area contributed by atoms with E-state index >= 15 is 0 Å². The normalized spacial score (nSPS) is 11.7. The van der Waals surface area contributed by atoms with Crippen molar-refractivity contribution in [1.29, 1.82) is 0 Å².